The van der Waals surface area contributed by atoms with Gasteiger partial charge in [-0.15, -0.1) is 0 Å². The van der Waals surface area contributed by atoms with Crippen LogP contribution in [0.1, 0.15) is 6.42 Å². The van der Waals surface area contributed by atoms with E-state index in [0.717, 1.165) is 12.0 Å². The molecule has 0 aromatic heterocycles. The van der Waals surface area contributed by atoms with Gasteiger partial charge in [0.15, 0.2) is 0 Å². The quantitative estimate of drug-likeness (QED) is 0.449. The fraction of sp³-hybridized carbons (Fsp3) is 0.143. The Labute approximate surface area is 48.0 Å². The summed E-state index contributed by atoms with van der Waals surface area (Å²) in [5.74, 6) is 0. The first kappa shape index (κ1) is 5.29. The van der Waals surface area contributed by atoms with Crippen LogP contribution in [0.25, 0.3) is 0 Å². The van der Waals surface area contributed by atoms with Crippen LogP contribution in [-0.4, -0.2) is 0 Å². The van der Waals surface area contributed by atoms with Crippen LogP contribution in [0.5, 0.6) is 0 Å². The number of hydrogen-bond acceptors (Lipinski definition) is 0. The van der Waals surface area contributed by atoms with Gasteiger partial charge in [0.1, 0.15) is 0 Å². The molecule has 0 aliphatic heterocycles. The predicted octanol–water partition coefficient (Wildman–Crippen LogP) is 2.36. The normalized spacial score (nSPS) is 22.4. The van der Waals surface area contributed by atoms with Gasteiger partial charge in [-0.1, -0.05) is 24.3 Å². The lowest BCUT2D eigenvalue weighted by Gasteiger charge is -1.95. The van der Waals surface area contributed by atoms with Crippen LogP contribution in [0.15, 0.2) is 36.2 Å². The molecule has 0 saturated carbocycles. The van der Waals surface area contributed by atoms with Crippen molar-refractivity contribution in [3.63, 3.8) is 0 Å². The number of hydrogen-bond donors (Lipinski definition) is 0. The Bertz CT molecular complexity index is 152. The molecule has 1 heteroatoms. The van der Waals surface area contributed by atoms with Crippen LogP contribution in [0.3, 0.4) is 0 Å². The maximum absolute atomic E-state index is 11.6. The standard InChI is InChI=1S/C7H7F/c8-6-7-4-2-1-3-5-7/h1-4,6H,5H2. The first-order chi connectivity index (χ1) is 3.93. The van der Waals surface area contributed by atoms with Gasteiger partial charge in [-0.05, 0) is 12.0 Å². The van der Waals surface area contributed by atoms with E-state index in [4.69, 9.17) is 0 Å². The molecule has 0 nitrogen and oxygen atoms in total. The van der Waals surface area contributed by atoms with E-state index >= 15 is 0 Å². The second-order valence-electron chi connectivity index (χ2n) is 1.68. The van der Waals surface area contributed by atoms with Gasteiger partial charge in [0.2, 0.25) is 0 Å². The van der Waals surface area contributed by atoms with Crippen LogP contribution < -0.4 is 0 Å². The van der Waals surface area contributed by atoms with E-state index in [9.17, 15) is 4.39 Å². The summed E-state index contributed by atoms with van der Waals surface area (Å²) in [5, 5.41) is 0. The molecule has 0 heterocycles. The molecule has 0 unspecified atom stereocenters. The van der Waals surface area contributed by atoms with Crippen molar-refractivity contribution in [1.29, 1.82) is 0 Å². The summed E-state index contributed by atoms with van der Waals surface area (Å²) in [4.78, 5) is 0. The highest BCUT2D eigenvalue weighted by molar-refractivity contribution is 5.27. The molecule has 8 heavy (non-hydrogen) atoms. The molecule has 0 N–H and O–H groups in total. The van der Waals surface area contributed by atoms with Crippen molar-refractivity contribution in [3.05, 3.63) is 36.2 Å². The number of allylic oxidation sites excluding steroid dienone is 5. The van der Waals surface area contributed by atoms with Crippen molar-refractivity contribution in [1.82, 2.24) is 0 Å². The first-order valence-electron chi connectivity index (χ1n) is 2.56. The second-order valence-corrected chi connectivity index (χ2v) is 1.68. The van der Waals surface area contributed by atoms with Crippen molar-refractivity contribution in [2.45, 2.75) is 6.42 Å². The molecule has 0 saturated heterocycles. The van der Waals surface area contributed by atoms with E-state index in [1.807, 2.05) is 18.2 Å². The molecule has 0 aromatic carbocycles. The van der Waals surface area contributed by atoms with Crippen LogP contribution >= 0.6 is 0 Å². The molecule has 0 spiro atoms. The van der Waals surface area contributed by atoms with E-state index in [2.05, 4.69) is 0 Å². The summed E-state index contributed by atoms with van der Waals surface area (Å²) in [6.45, 7) is 0. The molecule has 0 amide bonds. The van der Waals surface area contributed by atoms with Crippen molar-refractivity contribution in [3.8, 4) is 0 Å². The largest absolute Gasteiger partial charge is 0.215 e. The molecule has 0 bridgehead atoms. The maximum atomic E-state index is 11.6. The summed E-state index contributed by atoms with van der Waals surface area (Å²) >= 11 is 0. The monoisotopic (exact) mass is 110 g/mol. The van der Waals surface area contributed by atoms with Crippen molar-refractivity contribution >= 4 is 0 Å². The lowest BCUT2D eigenvalue weighted by molar-refractivity contribution is 0.710. The summed E-state index contributed by atoms with van der Waals surface area (Å²) in [7, 11) is 0. The fourth-order valence-electron chi connectivity index (χ4n) is 0.611. The SMILES string of the molecule is FC=C1C=CC=CC1. The average molecular weight is 110 g/mol. The Morgan fingerprint density at radius 2 is 2.38 bits per heavy atom. The molecule has 0 fully saturated rings. The Balaban J connectivity index is 2.66. The molecule has 0 radical (unpaired) electrons. The third-order valence-corrected chi connectivity index (χ3v) is 1.05. The van der Waals surface area contributed by atoms with Crippen LogP contribution in [0.4, 0.5) is 4.39 Å². The van der Waals surface area contributed by atoms with Crippen LogP contribution in [-0.2, 0) is 0 Å². The highest BCUT2D eigenvalue weighted by Crippen LogP contribution is 2.08. The zero-order chi connectivity index (χ0) is 5.82. The maximum Gasteiger partial charge on any atom is 0.0902 e. The Morgan fingerprint density at radius 1 is 1.50 bits per heavy atom. The van der Waals surface area contributed by atoms with Crippen molar-refractivity contribution in [2.24, 2.45) is 0 Å². The van der Waals surface area contributed by atoms with Crippen molar-refractivity contribution < 1.29 is 4.39 Å². The lowest BCUT2D eigenvalue weighted by Crippen LogP contribution is -1.76. The summed E-state index contributed by atoms with van der Waals surface area (Å²) in [5.41, 5.74) is 0.743. The van der Waals surface area contributed by atoms with E-state index in [-0.39, 0.29) is 0 Å². The molecule has 0 aromatic rings. The molecule has 1 rings (SSSR count). The van der Waals surface area contributed by atoms with Crippen LogP contribution in [0.2, 0.25) is 0 Å². The van der Waals surface area contributed by atoms with Gasteiger partial charge in [-0.25, -0.2) is 4.39 Å². The molecular formula is C7H7F. The minimum absolute atomic E-state index is 0.639. The van der Waals surface area contributed by atoms with Gasteiger partial charge in [0.25, 0.3) is 0 Å². The minimum atomic E-state index is 0.639. The molecule has 42 valence electrons. The topological polar surface area (TPSA) is 0 Å². The van der Waals surface area contributed by atoms with Crippen LogP contribution in [0, 0.1) is 0 Å². The van der Waals surface area contributed by atoms with E-state index in [1.165, 1.54) is 0 Å². The molecule has 1 aliphatic rings. The lowest BCUT2D eigenvalue weighted by atomic mass is 10.1. The Morgan fingerprint density at radius 3 is 2.75 bits per heavy atom. The van der Waals surface area contributed by atoms with E-state index in [0.29, 0.717) is 6.33 Å². The van der Waals surface area contributed by atoms with Gasteiger partial charge in [-0.2, -0.15) is 0 Å². The minimum Gasteiger partial charge on any atom is -0.215 e. The second kappa shape index (κ2) is 2.46. The van der Waals surface area contributed by atoms with Gasteiger partial charge < -0.3 is 0 Å². The fourth-order valence-corrected chi connectivity index (χ4v) is 0.611. The summed E-state index contributed by atoms with van der Waals surface area (Å²) < 4.78 is 11.6. The Kier molecular flexibility index (Phi) is 1.62. The average Bonchev–Trinajstić information content (AvgIpc) is 1.90. The van der Waals surface area contributed by atoms with E-state index < -0.39 is 0 Å². The summed E-state index contributed by atoms with van der Waals surface area (Å²) in [6, 6.07) is 0. The molecule has 0 atom stereocenters. The number of rotatable bonds is 0. The molecular weight excluding hydrogens is 103 g/mol. The Hall–Kier alpha value is -0.850. The first-order valence-corrected chi connectivity index (χ1v) is 2.56. The van der Waals surface area contributed by atoms with Gasteiger partial charge in [0.05, 0.1) is 6.33 Å². The van der Waals surface area contributed by atoms with Gasteiger partial charge >= 0.3 is 0 Å². The van der Waals surface area contributed by atoms with Gasteiger partial charge in [-0.3, -0.25) is 0 Å². The highest BCUT2D eigenvalue weighted by Gasteiger charge is 1.89. The highest BCUT2D eigenvalue weighted by atomic mass is 19.1. The van der Waals surface area contributed by atoms with Gasteiger partial charge in [0, 0.05) is 0 Å². The van der Waals surface area contributed by atoms with Crippen molar-refractivity contribution in [2.75, 3.05) is 0 Å². The zero-order valence-electron chi connectivity index (χ0n) is 4.47. The summed E-state index contributed by atoms with van der Waals surface area (Å²) in [6.07, 6.45) is 8.79. The zero-order valence-corrected chi connectivity index (χ0v) is 4.47. The number of halogens is 1. The van der Waals surface area contributed by atoms with E-state index in [1.54, 1.807) is 6.08 Å². The third kappa shape index (κ3) is 1.06. The third-order valence-electron chi connectivity index (χ3n) is 1.05. The smallest absolute Gasteiger partial charge is 0.0902 e. The predicted molar refractivity (Wildman–Crippen MR) is 32.1 cm³/mol. The molecule has 1 aliphatic carbocycles.